The first-order valence-corrected chi connectivity index (χ1v) is 21.4. The molecular formula is C49H34O2P2. The quantitative estimate of drug-likeness (QED) is 0.161. The molecule has 2 aliphatic rings. The highest BCUT2D eigenvalue weighted by molar-refractivity contribution is 7.85. The van der Waals surface area contributed by atoms with Crippen LogP contribution in [0.1, 0.15) is 22.3 Å². The molecule has 8 aromatic rings. The minimum absolute atomic E-state index is 0.722. The molecule has 252 valence electrons. The summed E-state index contributed by atoms with van der Waals surface area (Å²) in [6.07, 6.45) is 0. The largest absolute Gasteiger partial charge is 0.309 e. The van der Waals surface area contributed by atoms with Gasteiger partial charge in [-0.25, -0.2) is 0 Å². The predicted molar refractivity (Wildman–Crippen MR) is 222 cm³/mol. The lowest BCUT2D eigenvalue weighted by atomic mass is 9.70. The molecule has 0 heterocycles. The van der Waals surface area contributed by atoms with Crippen LogP contribution in [-0.2, 0) is 14.5 Å². The predicted octanol–water partition coefficient (Wildman–Crippen LogP) is 9.31. The zero-order valence-electron chi connectivity index (χ0n) is 28.8. The summed E-state index contributed by atoms with van der Waals surface area (Å²) < 4.78 is 31.7. The van der Waals surface area contributed by atoms with E-state index < -0.39 is 19.7 Å². The molecule has 8 aromatic carbocycles. The first-order chi connectivity index (χ1) is 26.1. The summed E-state index contributed by atoms with van der Waals surface area (Å²) in [5, 5.41) is 4.80. The molecule has 0 N–H and O–H groups in total. The third-order valence-electron chi connectivity index (χ3n) is 11.3. The Balaban J connectivity index is 1.30. The van der Waals surface area contributed by atoms with Crippen molar-refractivity contribution in [3.63, 3.8) is 0 Å². The van der Waals surface area contributed by atoms with E-state index in [4.69, 9.17) is 0 Å². The lowest BCUT2D eigenvalue weighted by molar-refractivity contribution is 0.591. The van der Waals surface area contributed by atoms with Crippen LogP contribution in [0.15, 0.2) is 206 Å². The summed E-state index contributed by atoms with van der Waals surface area (Å²) >= 11 is 0. The molecule has 2 nitrogen and oxygen atoms in total. The van der Waals surface area contributed by atoms with Gasteiger partial charge in [0.1, 0.15) is 0 Å². The fourth-order valence-corrected chi connectivity index (χ4v) is 14.3. The second kappa shape index (κ2) is 12.1. The Morgan fingerprint density at radius 2 is 0.547 bits per heavy atom. The van der Waals surface area contributed by atoms with E-state index in [0.717, 1.165) is 65.2 Å². The van der Waals surface area contributed by atoms with Gasteiger partial charge in [-0.3, -0.25) is 0 Å². The first kappa shape index (κ1) is 31.9. The van der Waals surface area contributed by atoms with E-state index in [-0.39, 0.29) is 0 Å². The Labute approximate surface area is 310 Å². The summed E-state index contributed by atoms with van der Waals surface area (Å²) in [6, 6.07) is 69.9. The lowest BCUT2D eigenvalue weighted by Gasteiger charge is -2.32. The van der Waals surface area contributed by atoms with Gasteiger partial charge in [-0.2, -0.15) is 0 Å². The molecule has 4 heteroatoms. The van der Waals surface area contributed by atoms with Crippen molar-refractivity contribution in [1.82, 2.24) is 0 Å². The molecular weight excluding hydrogens is 682 g/mol. The SMILES string of the molecule is O=P(c1ccccc1)(c1ccccc1)c1ccc2c(c1)C1(c3ccccc3-2)c2ccccc2-c2ccc(P(=O)(c3ccccc3)c3ccccc3)cc21. The maximum absolute atomic E-state index is 15.8. The van der Waals surface area contributed by atoms with Crippen LogP contribution >= 0.6 is 14.3 Å². The molecule has 0 fully saturated rings. The van der Waals surface area contributed by atoms with Gasteiger partial charge >= 0.3 is 0 Å². The molecule has 0 aromatic heterocycles. The molecule has 0 saturated heterocycles. The van der Waals surface area contributed by atoms with Gasteiger partial charge in [0, 0.05) is 31.8 Å². The third kappa shape index (κ3) is 4.47. The van der Waals surface area contributed by atoms with Crippen molar-refractivity contribution in [2.24, 2.45) is 0 Å². The molecule has 0 atom stereocenters. The molecule has 0 aliphatic heterocycles. The van der Waals surface area contributed by atoms with Crippen molar-refractivity contribution < 1.29 is 9.13 Å². The molecule has 53 heavy (non-hydrogen) atoms. The van der Waals surface area contributed by atoms with E-state index in [1.54, 1.807) is 0 Å². The van der Waals surface area contributed by atoms with Gasteiger partial charge in [0.05, 0.1) is 5.41 Å². The summed E-state index contributed by atoms with van der Waals surface area (Å²) in [5.41, 5.74) is 8.40. The summed E-state index contributed by atoms with van der Waals surface area (Å²) in [6.45, 7) is 0. The van der Waals surface area contributed by atoms with Crippen molar-refractivity contribution in [3.8, 4) is 22.3 Å². The Morgan fingerprint density at radius 3 is 0.887 bits per heavy atom. The molecule has 0 amide bonds. The van der Waals surface area contributed by atoms with Gasteiger partial charge in [-0.05, 0) is 56.6 Å². The molecule has 10 rings (SSSR count). The fourth-order valence-electron chi connectivity index (χ4n) is 8.95. The normalized spacial score (nSPS) is 13.6. The zero-order chi connectivity index (χ0) is 35.6. The lowest BCUT2D eigenvalue weighted by Crippen LogP contribution is -2.31. The van der Waals surface area contributed by atoms with E-state index in [1.165, 1.54) is 11.1 Å². The minimum atomic E-state index is -3.29. The van der Waals surface area contributed by atoms with Gasteiger partial charge < -0.3 is 9.13 Å². The highest BCUT2D eigenvalue weighted by Gasteiger charge is 2.52. The van der Waals surface area contributed by atoms with Crippen LogP contribution < -0.4 is 31.8 Å². The molecule has 0 saturated carbocycles. The summed E-state index contributed by atoms with van der Waals surface area (Å²) in [5.74, 6) is 0. The smallest absolute Gasteiger partial charge is 0.171 e. The van der Waals surface area contributed by atoms with Gasteiger partial charge in [-0.1, -0.05) is 194 Å². The van der Waals surface area contributed by atoms with Crippen molar-refractivity contribution >= 4 is 46.1 Å². The molecule has 0 unspecified atom stereocenters. The van der Waals surface area contributed by atoms with Crippen molar-refractivity contribution in [2.45, 2.75) is 5.41 Å². The van der Waals surface area contributed by atoms with Gasteiger partial charge in [-0.15, -0.1) is 0 Å². The Hall–Kier alpha value is -5.78. The van der Waals surface area contributed by atoms with E-state index in [2.05, 4.69) is 84.9 Å². The van der Waals surface area contributed by atoms with E-state index >= 15 is 9.13 Å². The van der Waals surface area contributed by atoms with Crippen LogP contribution in [0.25, 0.3) is 22.3 Å². The van der Waals surface area contributed by atoms with E-state index in [1.807, 2.05) is 121 Å². The number of hydrogen-bond donors (Lipinski definition) is 0. The molecule has 0 radical (unpaired) electrons. The molecule has 0 bridgehead atoms. The van der Waals surface area contributed by atoms with E-state index in [0.29, 0.717) is 0 Å². The van der Waals surface area contributed by atoms with Crippen LogP contribution in [0.3, 0.4) is 0 Å². The molecule has 1 spiro atoms. The number of hydrogen-bond acceptors (Lipinski definition) is 2. The van der Waals surface area contributed by atoms with Gasteiger partial charge in [0.15, 0.2) is 14.3 Å². The van der Waals surface area contributed by atoms with Crippen LogP contribution in [-0.4, -0.2) is 0 Å². The highest BCUT2D eigenvalue weighted by Crippen LogP contribution is 2.63. The monoisotopic (exact) mass is 716 g/mol. The summed E-state index contributed by atoms with van der Waals surface area (Å²) in [4.78, 5) is 0. The first-order valence-electron chi connectivity index (χ1n) is 18.0. The molecule has 2 aliphatic carbocycles. The van der Waals surface area contributed by atoms with Crippen LogP contribution in [0.4, 0.5) is 0 Å². The maximum atomic E-state index is 15.8. The number of benzene rings is 8. The fraction of sp³-hybridized carbons (Fsp3) is 0.0204. The number of rotatable bonds is 6. The summed E-state index contributed by atoms with van der Waals surface area (Å²) in [7, 11) is -6.58. The Morgan fingerprint density at radius 1 is 0.264 bits per heavy atom. The van der Waals surface area contributed by atoms with Crippen molar-refractivity contribution in [1.29, 1.82) is 0 Å². The maximum Gasteiger partial charge on any atom is 0.171 e. The Kier molecular flexibility index (Phi) is 7.31. The second-order valence-corrected chi connectivity index (χ2v) is 19.4. The highest BCUT2D eigenvalue weighted by atomic mass is 31.2. The van der Waals surface area contributed by atoms with Crippen LogP contribution in [0, 0.1) is 0 Å². The average Bonchev–Trinajstić information content (AvgIpc) is 3.71. The van der Waals surface area contributed by atoms with Gasteiger partial charge in [0.25, 0.3) is 0 Å². The minimum Gasteiger partial charge on any atom is -0.309 e. The van der Waals surface area contributed by atoms with Gasteiger partial charge in [0.2, 0.25) is 0 Å². The van der Waals surface area contributed by atoms with Crippen molar-refractivity contribution in [2.75, 3.05) is 0 Å². The van der Waals surface area contributed by atoms with Crippen molar-refractivity contribution in [3.05, 3.63) is 229 Å². The topological polar surface area (TPSA) is 34.1 Å². The van der Waals surface area contributed by atoms with E-state index in [9.17, 15) is 0 Å². The average molecular weight is 717 g/mol. The standard InChI is InChI=1S/C49H34O2P2/c50-52(35-17-5-1-6-18-35,36-19-7-2-8-20-36)39-29-31-43-41-25-13-15-27-45(41)49(47(43)33-39)46-28-16-14-26-42(46)44-32-30-40(34-48(44)49)53(51,37-21-9-3-10-22-37)38-23-11-4-12-24-38/h1-34H. The van der Waals surface area contributed by atoms with Crippen LogP contribution in [0.2, 0.25) is 0 Å². The zero-order valence-corrected chi connectivity index (χ0v) is 30.6. The third-order valence-corrected chi connectivity index (χ3v) is 17.4. The second-order valence-electron chi connectivity index (χ2n) is 13.9. The van der Waals surface area contributed by atoms with Crippen LogP contribution in [0.5, 0.6) is 0 Å². The number of fused-ring (bicyclic) bond motifs is 10. The Bertz CT molecular complexity index is 2500.